The monoisotopic (exact) mass is 311 g/mol. The van der Waals surface area contributed by atoms with E-state index in [2.05, 4.69) is 57.2 Å². The molecule has 114 valence electrons. The molecular formula is C19H21NOS. The van der Waals surface area contributed by atoms with E-state index in [4.69, 9.17) is 0 Å². The molecule has 0 saturated carbocycles. The molecule has 2 nitrogen and oxygen atoms in total. The summed E-state index contributed by atoms with van der Waals surface area (Å²) in [6, 6.07) is 19.1. The molecular weight excluding hydrogens is 290 g/mol. The molecule has 1 saturated heterocycles. The standard InChI is InChI=1S/C19H21NOS/c1-13(2)20-17(15-11-9-14(3)10-12-15)18(19(20)21)22-16-7-5-4-6-8-16/h4-13,17-18H,1-3H3/t17-,18+/m0/s1. The van der Waals surface area contributed by atoms with Crippen molar-refractivity contribution < 1.29 is 4.79 Å². The first-order valence-electron chi connectivity index (χ1n) is 7.68. The van der Waals surface area contributed by atoms with Crippen molar-refractivity contribution in [1.82, 2.24) is 4.90 Å². The van der Waals surface area contributed by atoms with Crippen LogP contribution in [0.4, 0.5) is 0 Å². The van der Waals surface area contributed by atoms with Crippen LogP contribution in [0, 0.1) is 6.92 Å². The van der Waals surface area contributed by atoms with Gasteiger partial charge in [-0.05, 0) is 38.5 Å². The van der Waals surface area contributed by atoms with Crippen molar-refractivity contribution >= 4 is 17.7 Å². The highest BCUT2D eigenvalue weighted by atomic mass is 32.2. The van der Waals surface area contributed by atoms with E-state index in [1.165, 1.54) is 11.1 Å². The number of amides is 1. The van der Waals surface area contributed by atoms with Gasteiger partial charge in [0.25, 0.3) is 0 Å². The lowest BCUT2D eigenvalue weighted by atomic mass is 9.91. The van der Waals surface area contributed by atoms with Crippen LogP contribution in [0.1, 0.15) is 31.0 Å². The molecule has 2 atom stereocenters. The zero-order chi connectivity index (χ0) is 15.7. The summed E-state index contributed by atoms with van der Waals surface area (Å²) in [4.78, 5) is 15.7. The van der Waals surface area contributed by atoms with Crippen LogP contribution < -0.4 is 0 Å². The number of hydrogen-bond acceptors (Lipinski definition) is 2. The number of hydrogen-bond donors (Lipinski definition) is 0. The fourth-order valence-corrected chi connectivity index (χ4v) is 4.17. The predicted octanol–water partition coefficient (Wildman–Crippen LogP) is 4.45. The Morgan fingerprint density at radius 3 is 2.23 bits per heavy atom. The van der Waals surface area contributed by atoms with E-state index in [0.29, 0.717) is 0 Å². The first-order valence-corrected chi connectivity index (χ1v) is 8.56. The van der Waals surface area contributed by atoms with E-state index in [9.17, 15) is 4.79 Å². The molecule has 1 heterocycles. The van der Waals surface area contributed by atoms with Crippen LogP contribution in [0.15, 0.2) is 59.5 Å². The summed E-state index contributed by atoms with van der Waals surface area (Å²) >= 11 is 1.68. The third kappa shape index (κ3) is 2.78. The Kier molecular flexibility index (Phi) is 4.25. The highest BCUT2D eigenvalue weighted by molar-refractivity contribution is 8.00. The number of likely N-dealkylation sites (tertiary alicyclic amines) is 1. The molecule has 1 aliphatic heterocycles. The molecule has 2 aromatic carbocycles. The van der Waals surface area contributed by atoms with Crippen LogP contribution in [-0.4, -0.2) is 22.1 Å². The Morgan fingerprint density at radius 1 is 1.00 bits per heavy atom. The maximum absolute atomic E-state index is 12.6. The normalized spacial score (nSPS) is 21.1. The van der Waals surface area contributed by atoms with E-state index in [1.807, 2.05) is 23.1 Å². The summed E-state index contributed by atoms with van der Waals surface area (Å²) in [5.41, 5.74) is 2.48. The average molecular weight is 311 g/mol. The molecule has 2 aromatic rings. The lowest BCUT2D eigenvalue weighted by Gasteiger charge is -2.49. The second-order valence-corrected chi connectivity index (χ2v) is 7.26. The first-order chi connectivity index (χ1) is 10.6. The summed E-state index contributed by atoms with van der Waals surface area (Å²) in [5, 5.41) is -0.0208. The topological polar surface area (TPSA) is 20.3 Å². The third-order valence-corrected chi connectivity index (χ3v) is 5.32. The number of benzene rings is 2. The van der Waals surface area contributed by atoms with Crippen molar-refractivity contribution in [3.8, 4) is 0 Å². The summed E-state index contributed by atoms with van der Waals surface area (Å²) in [6.45, 7) is 6.26. The van der Waals surface area contributed by atoms with Gasteiger partial charge < -0.3 is 4.90 Å². The molecule has 0 aromatic heterocycles. The lowest BCUT2D eigenvalue weighted by Crippen LogP contribution is -2.59. The van der Waals surface area contributed by atoms with Crippen LogP contribution in [0.3, 0.4) is 0 Å². The van der Waals surface area contributed by atoms with E-state index >= 15 is 0 Å². The molecule has 3 heteroatoms. The fraction of sp³-hybridized carbons (Fsp3) is 0.316. The van der Waals surface area contributed by atoms with Crippen molar-refractivity contribution in [2.75, 3.05) is 0 Å². The van der Waals surface area contributed by atoms with E-state index in [1.54, 1.807) is 11.8 Å². The highest BCUT2D eigenvalue weighted by Crippen LogP contribution is 2.45. The summed E-state index contributed by atoms with van der Waals surface area (Å²) in [6.07, 6.45) is 0. The van der Waals surface area contributed by atoms with Crippen molar-refractivity contribution in [1.29, 1.82) is 0 Å². The minimum atomic E-state index is -0.0208. The van der Waals surface area contributed by atoms with Gasteiger partial charge in [0.05, 0.1) is 6.04 Å². The number of aryl methyl sites for hydroxylation is 1. The van der Waals surface area contributed by atoms with Gasteiger partial charge in [-0.2, -0.15) is 0 Å². The summed E-state index contributed by atoms with van der Waals surface area (Å²) in [5.74, 6) is 0.245. The molecule has 1 fully saturated rings. The van der Waals surface area contributed by atoms with Crippen LogP contribution in [-0.2, 0) is 4.79 Å². The van der Waals surface area contributed by atoms with Gasteiger partial charge in [-0.1, -0.05) is 48.0 Å². The number of β-lactam (4-membered cyclic amide) rings is 1. The quantitative estimate of drug-likeness (QED) is 0.778. The second kappa shape index (κ2) is 6.17. The third-order valence-electron chi connectivity index (χ3n) is 4.07. The number of rotatable bonds is 4. The van der Waals surface area contributed by atoms with Crippen LogP contribution in [0.5, 0.6) is 0 Å². The van der Waals surface area contributed by atoms with E-state index < -0.39 is 0 Å². The molecule has 22 heavy (non-hydrogen) atoms. The minimum absolute atomic E-state index is 0.0208. The fourth-order valence-electron chi connectivity index (χ4n) is 2.92. The Bertz CT molecular complexity index is 651. The van der Waals surface area contributed by atoms with Crippen molar-refractivity contribution in [3.63, 3.8) is 0 Å². The molecule has 0 spiro atoms. The average Bonchev–Trinajstić information content (AvgIpc) is 2.51. The number of carbonyl (C=O) groups excluding carboxylic acids is 1. The van der Waals surface area contributed by atoms with Crippen LogP contribution in [0.2, 0.25) is 0 Å². The second-order valence-electron chi connectivity index (χ2n) is 6.05. The Balaban J connectivity index is 1.87. The summed E-state index contributed by atoms with van der Waals surface area (Å²) in [7, 11) is 0. The summed E-state index contributed by atoms with van der Waals surface area (Å²) < 4.78 is 0. The molecule has 0 unspecified atom stereocenters. The van der Waals surface area contributed by atoms with E-state index in [-0.39, 0.29) is 23.2 Å². The molecule has 0 bridgehead atoms. The molecule has 1 aliphatic rings. The number of nitrogens with zero attached hydrogens (tertiary/aromatic N) is 1. The zero-order valence-electron chi connectivity index (χ0n) is 13.2. The molecule has 0 radical (unpaired) electrons. The molecule has 1 amide bonds. The SMILES string of the molecule is Cc1ccc([C@H]2[C@@H](Sc3ccccc3)C(=O)N2C(C)C)cc1. The van der Waals surface area contributed by atoms with Gasteiger partial charge >= 0.3 is 0 Å². The van der Waals surface area contributed by atoms with Crippen molar-refractivity contribution in [2.24, 2.45) is 0 Å². The first kappa shape index (κ1) is 15.2. The van der Waals surface area contributed by atoms with E-state index in [0.717, 1.165) is 4.90 Å². The van der Waals surface area contributed by atoms with Gasteiger partial charge in [0, 0.05) is 10.9 Å². The lowest BCUT2D eigenvalue weighted by molar-refractivity contribution is -0.147. The minimum Gasteiger partial charge on any atom is -0.331 e. The van der Waals surface area contributed by atoms with Gasteiger partial charge in [-0.3, -0.25) is 4.79 Å². The Hall–Kier alpha value is -1.74. The van der Waals surface area contributed by atoms with Gasteiger partial charge in [0.1, 0.15) is 5.25 Å². The van der Waals surface area contributed by atoms with Gasteiger partial charge in [-0.25, -0.2) is 0 Å². The van der Waals surface area contributed by atoms with Gasteiger partial charge in [0.15, 0.2) is 0 Å². The maximum Gasteiger partial charge on any atom is 0.239 e. The predicted molar refractivity (Wildman–Crippen MR) is 92.0 cm³/mol. The smallest absolute Gasteiger partial charge is 0.239 e. The van der Waals surface area contributed by atoms with Crippen LogP contribution in [0.25, 0.3) is 0 Å². The van der Waals surface area contributed by atoms with Crippen molar-refractivity contribution in [2.45, 2.75) is 43.0 Å². The zero-order valence-corrected chi connectivity index (χ0v) is 14.0. The highest BCUT2D eigenvalue weighted by Gasteiger charge is 2.49. The Morgan fingerprint density at radius 2 is 1.64 bits per heavy atom. The molecule has 3 rings (SSSR count). The maximum atomic E-state index is 12.6. The van der Waals surface area contributed by atoms with Crippen molar-refractivity contribution in [3.05, 3.63) is 65.7 Å². The van der Waals surface area contributed by atoms with Crippen LogP contribution >= 0.6 is 11.8 Å². The largest absolute Gasteiger partial charge is 0.331 e. The van der Waals surface area contributed by atoms with Gasteiger partial charge in [-0.15, -0.1) is 11.8 Å². The molecule has 0 aliphatic carbocycles. The molecule has 0 N–H and O–H groups in total. The number of carbonyl (C=O) groups is 1. The number of thioether (sulfide) groups is 1. The van der Waals surface area contributed by atoms with Gasteiger partial charge in [0.2, 0.25) is 5.91 Å². The Labute approximate surface area is 136 Å².